The Morgan fingerprint density at radius 2 is 1.82 bits per heavy atom. The minimum atomic E-state index is -0.567. The van der Waals surface area contributed by atoms with Gasteiger partial charge in [0.1, 0.15) is 17.4 Å². The summed E-state index contributed by atoms with van der Waals surface area (Å²) in [5.74, 6) is 0.143. The number of carbonyl (C=O) groups excluding carboxylic acids is 1. The first-order valence-corrected chi connectivity index (χ1v) is 13.6. The van der Waals surface area contributed by atoms with E-state index in [9.17, 15) is 10.1 Å². The number of anilines is 1. The molecule has 0 atom stereocenters. The molecule has 0 bridgehead atoms. The Morgan fingerprint density at radius 1 is 1.10 bits per heavy atom. The highest BCUT2D eigenvalue weighted by Crippen LogP contribution is 2.29. The van der Waals surface area contributed by atoms with Crippen LogP contribution in [0.5, 0.6) is 5.75 Å². The Labute approximate surface area is 244 Å². The number of carbonyl (C=O) groups is 1. The van der Waals surface area contributed by atoms with Crippen molar-refractivity contribution in [2.45, 2.75) is 6.42 Å². The average Bonchev–Trinajstić information content (AvgIpc) is 3.58. The van der Waals surface area contributed by atoms with Crippen molar-refractivity contribution in [2.24, 2.45) is 0 Å². The van der Waals surface area contributed by atoms with E-state index < -0.39 is 5.91 Å². The molecule has 10 heteroatoms. The number of rotatable bonds is 8. The summed E-state index contributed by atoms with van der Waals surface area (Å²) in [6.07, 6.45) is 5.55. The first-order valence-electron chi connectivity index (χ1n) is 12.0. The molecule has 1 amide bonds. The maximum Gasteiger partial charge on any atom is 0.268 e. The molecule has 40 heavy (non-hydrogen) atoms. The number of para-hydroxylation sites is 1. The Bertz CT molecular complexity index is 1720. The van der Waals surface area contributed by atoms with Gasteiger partial charge in [0.15, 0.2) is 5.13 Å². The van der Waals surface area contributed by atoms with Crippen LogP contribution in [0, 0.1) is 11.3 Å². The molecule has 2 aromatic heterocycles. The van der Waals surface area contributed by atoms with Crippen LogP contribution < -0.4 is 10.1 Å². The lowest BCUT2D eigenvalue weighted by Crippen LogP contribution is -2.13. The highest BCUT2D eigenvalue weighted by atomic mass is 35.5. The SMILES string of the molecule is COc1ccc(-c2nn(-c3ccccc3)cc2C=C(C#N)C(=O)Nc2ncc(Cc3cc(Cl)cc(Cl)c3)s2)cc1. The number of amides is 1. The largest absolute Gasteiger partial charge is 0.497 e. The van der Waals surface area contributed by atoms with E-state index >= 15 is 0 Å². The second kappa shape index (κ2) is 12.2. The molecule has 0 saturated heterocycles. The minimum Gasteiger partial charge on any atom is -0.497 e. The molecular weight excluding hydrogens is 565 g/mol. The Hall–Kier alpha value is -4.42. The smallest absolute Gasteiger partial charge is 0.268 e. The third-order valence-electron chi connectivity index (χ3n) is 5.87. The lowest BCUT2D eigenvalue weighted by Gasteiger charge is -2.03. The molecule has 3 aromatic carbocycles. The highest BCUT2D eigenvalue weighted by molar-refractivity contribution is 7.15. The summed E-state index contributed by atoms with van der Waals surface area (Å²) in [5, 5.41) is 18.8. The number of ether oxygens (including phenoxy) is 1. The molecule has 0 spiro atoms. The molecule has 1 N–H and O–H groups in total. The van der Waals surface area contributed by atoms with Gasteiger partial charge in [-0.05, 0) is 66.2 Å². The molecule has 0 saturated carbocycles. The summed E-state index contributed by atoms with van der Waals surface area (Å²) in [5.41, 5.74) is 3.72. The number of hydrogen-bond acceptors (Lipinski definition) is 6. The van der Waals surface area contributed by atoms with Crippen LogP contribution in [-0.4, -0.2) is 27.8 Å². The van der Waals surface area contributed by atoms with E-state index in [2.05, 4.69) is 10.3 Å². The van der Waals surface area contributed by atoms with E-state index in [1.54, 1.807) is 30.3 Å². The quantitative estimate of drug-likeness (QED) is 0.151. The average molecular weight is 587 g/mol. The van der Waals surface area contributed by atoms with Gasteiger partial charge in [0.25, 0.3) is 5.91 Å². The van der Waals surface area contributed by atoms with Gasteiger partial charge in [0.2, 0.25) is 0 Å². The zero-order valence-electron chi connectivity index (χ0n) is 21.1. The number of thiazole rings is 1. The number of aromatic nitrogens is 3. The van der Waals surface area contributed by atoms with Crippen LogP contribution in [0.4, 0.5) is 5.13 Å². The third-order valence-corrected chi connectivity index (χ3v) is 7.22. The first-order chi connectivity index (χ1) is 19.4. The fraction of sp³-hybridized carbons (Fsp3) is 0.0667. The van der Waals surface area contributed by atoms with Gasteiger partial charge in [-0.2, -0.15) is 10.4 Å². The van der Waals surface area contributed by atoms with Crippen molar-refractivity contribution in [3.63, 3.8) is 0 Å². The molecule has 5 aromatic rings. The number of nitrogens with zero attached hydrogens (tertiary/aromatic N) is 4. The van der Waals surface area contributed by atoms with Crippen LogP contribution in [0.25, 0.3) is 23.0 Å². The molecule has 0 unspecified atom stereocenters. The van der Waals surface area contributed by atoms with Gasteiger partial charge in [-0.3, -0.25) is 10.1 Å². The van der Waals surface area contributed by atoms with E-state index in [-0.39, 0.29) is 5.57 Å². The van der Waals surface area contributed by atoms with Crippen LogP contribution in [0.2, 0.25) is 10.0 Å². The number of nitrogens with one attached hydrogen (secondary N) is 1. The van der Waals surface area contributed by atoms with E-state index in [4.69, 9.17) is 33.0 Å². The normalized spacial score (nSPS) is 11.2. The molecule has 5 rings (SSSR count). The zero-order chi connectivity index (χ0) is 28.1. The van der Waals surface area contributed by atoms with Gasteiger partial charge in [-0.15, -0.1) is 11.3 Å². The Morgan fingerprint density at radius 3 is 2.50 bits per heavy atom. The van der Waals surface area contributed by atoms with Gasteiger partial charge < -0.3 is 4.74 Å². The number of methoxy groups -OCH3 is 1. The lowest BCUT2D eigenvalue weighted by molar-refractivity contribution is -0.112. The maximum absolute atomic E-state index is 13.1. The fourth-order valence-electron chi connectivity index (χ4n) is 4.01. The number of benzene rings is 3. The summed E-state index contributed by atoms with van der Waals surface area (Å²) in [7, 11) is 1.60. The van der Waals surface area contributed by atoms with E-state index in [1.807, 2.05) is 72.8 Å². The summed E-state index contributed by atoms with van der Waals surface area (Å²) >= 11 is 13.5. The van der Waals surface area contributed by atoms with Crippen molar-refractivity contribution >= 4 is 51.7 Å². The molecule has 2 heterocycles. The Balaban J connectivity index is 1.41. The summed E-state index contributed by atoms with van der Waals surface area (Å²) in [4.78, 5) is 18.3. The number of halogens is 2. The van der Waals surface area contributed by atoms with Gasteiger partial charge in [-0.1, -0.05) is 41.4 Å². The van der Waals surface area contributed by atoms with Gasteiger partial charge in [0.05, 0.1) is 18.5 Å². The van der Waals surface area contributed by atoms with Crippen LogP contribution in [0.3, 0.4) is 0 Å². The van der Waals surface area contributed by atoms with Crippen molar-refractivity contribution in [3.8, 4) is 28.8 Å². The van der Waals surface area contributed by atoms with Crippen LogP contribution in [0.1, 0.15) is 16.0 Å². The standard InChI is InChI=1S/C30H21Cl2N5O2S/c1-39-26-9-7-20(8-10-26)28-22(18-37(36-28)25-5-3-2-4-6-25)14-21(16-33)29(38)35-30-34-17-27(40-30)13-19-11-23(31)15-24(32)12-19/h2-12,14-15,17-18H,13H2,1H3,(H,34,35,38). The highest BCUT2D eigenvalue weighted by Gasteiger charge is 2.17. The van der Waals surface area contributed by atoms with Gasteiger partial charge in [-0.25, -0.2) is 9.67 Å². The van der Waals surface area contributed by atoms with Gasteiger partial charge in [0, 0.05) is 44.9 Å². The van der Waals surface area contributed by atoms with E-state index in [0.717, 1.165) is 21.7 Å². The van der Waals surface area contributed by atoms with Gasteiger partial charge >= 0.3 is 0 Å². The molecule has 0 aliphatic rings. The number of hydrogen-bond donors (Lipinski definition) is 1. The molecule has 198 valence electrons. The molecule has 0 radical (unpaired) electrons. The van der Waals surface area contributed by atoms with Crippen LogP contribution in [-0.2, 0) is 11.2 Å². The molecule has 0 aliphatic heterocycles. The minimum absolute atomic E-state index is 0.0826. The van der Waals surface area contributed by atoms with E-state index in [1.165, 1.54) is 17.4 Å². The van der Waals surface area contributed by atoms with E-state index in [0.29, 0.717) is 38.6 Å². The predicted molar refractivity (Wildman–Crippen MR) is 159 cm³/mol. The lowest BCUT2D eigenvalue weighted by atomic mass is 10.1. The Kier molecular flexibility index (Phi) is 8.27. The van der Waals surface area contributed by atoms with Crippen molar-refractivity contribution in [1.29, 1.82) is 5.26 Å². The third kappa shape index (κ3) is 6.41. The predicted octanol–water partition coefficient (Wildman–Crippen LogP) is 7.45. The molecule has 0 aliphatic carbocycles. The van der Waals surface area contributed by atoms with Crippen molar-refractivity contribution in [3.05, 3.63) is 117 Å². The second-order valence-corrected chi connectivity index (χ2v) is 10.6. The monoisotopic (exact) mass is 585 g/mol. The summed E-state index contributed by atoms with van der Waals surface area (Å²) in [6, 6.07) is 24.4. The summed E-state index contributed by atoms with van der Waals surface area (Å²) < 4.78 is 6.99. The fourth-order valence-corrected chi connectivity index (χ4v) is 5.42. The zero-order valence-corrected chi connectivity index (χ0v) is 23.5. The molecule has 0 fully saturated rings. The molecule has 7 nitrogen and oxygen atoms in total. The summed E-state index contributed by atoms with van der Waals surface area (Å²) in [6.45, 7) is 0. The van der Waals surface area contributed by atoms with Crippen LogP contribution in [0.15, 0.2) is 90.8 Å². The topological polar surface area (TPSA) is 92.8 Å². The van der Waals surface area contributed by atoms with Crippen molar-refractivity contribution < 1.29 is 9.53 Å². The first kappa shape index (κ1) is 27.2. The molecular formula is C30H21Cl2N5O2S. The van der Waals surface area contributed by atoms with Crippen molar-refractivity contribution in [2.75, 3.05) is 12.4 Å². The second-order valence-electron chi connectivity index (χ2n) is 8.65. The van der Waals surface area contributed by atoms with Crippen LogP contribution >= 0.6 is 34.5 Å². The van der Waals surface area contributed by atoms with Crippen molar-refractivity contribution in [1.82, 2.24) is 14.8 Å². The maximum atomic E-state index is 13.1. The number of nitriles is 1.